The van der Waals surface area contributed by atoms with Crippen LogP contribution in [0.5, 0.6) is 0 Å². The molecule has 0 spiro atoms. The highest BCUT2D eigenvalue weighted by molar-refractivity contribution is 5.01. The third-order valence-electron chi connectivity index (χ3n) is 6.13. The van der Waals surface area contributed by atoms with E-state index in [0.717, 1.165) is 62.0 Å². The Labute approximate surface area is 212 Å². The van der Waals surface area contributed by atoms with E-state index in [0.29, 0.717) is 12.8 Å². The van der Waals surface area contributed by atoms with Crippen LogP contribution >= 0.6 is 0 Å². The van der Waals surface area contributed by atoms with Crippen LogP contribution in [-0.4, -0.2) is 72.3 Å². The third kappa shape index (κ3) is 7.87. The summed E-state index contributed by atoms with van der Waals surface area (Å²) in [7, 11) is 7.91. The summed E-state index contributed by atoms with van der Waals surface area (Å²) in [6, 6.07) is 0. The zero-order valence-electron chi connectivity index (χ0n) is 21.8. The number of aromatic nitrogens is 8. The molecule has 0 aliphatic rings. The van der Waals surface area contributed by atoms with Crippen molar-refractivity contribution in [1.82, 2.24) is 48.0 Å². The first-order valence-corrected chi connectivity index (χ1v) is 12.3. The van der Waals surface area contributed by atoms with Gasteiger partial charge in [-0.25, -0.2) is 19.9 Å². The summed E-state index contributed by atoms with van der Waals surface area (Å²) in [5.74, 6) is 0. The molecule has 36 heavy (non-hydrogen) atoms. The molecular formula is C25H38N10O. The van der Waals surface area contributed by atoms with Gasteiger partial charge in [-0.2, -0.15) is 0 Å². The molecule has 0 aromatic carbocycles. The fraction of sp³-hybridized carbons (Fsp3) is 0.520. The molecule has 11 nitrogen and oxygen atoms in total. The molecule has 0 saturated carbocycles. The molecule has 0 bridgehead atoms. The maximum atomic E-state index is 10.9. The molecule has 0 amide bonds. The van der Waals surface area contributed by atoms with Crippen LogP contribution in [0.1, 0.15) is 35.6 Å². The molecule has 0 unspecified atom stereocenters. The van der Waals surface area contributed by atoms with Crippen LogP contribution in [0, 0.1) is 0 Å². The Kier molecular flexibility index (Phi) is 8.68. The lowest BCUT2D eigenvalue weighted by molar-refractivity contribution is 0.108. The normalized spacial score (nSPS) is 12.0. The summed E-state index contributed by atoms with van der Waals surface area (Å²) in [4.78, 5) is 22.5. The topological polar surface area (TPSA) is 98.0 Å². The van der Waals surface area contributed by atoms with Crippen LogP contribution in [0.25, 0.3) is 0 Å². The molecule has 0 radical (unpaired) electrons. The van der Waals surface area contributed by atoms with E-state index in [1.807, 2.05) is 96.6 Å². The second-order valence-electron chi connectivity index (χ2n) is 9.77. The Bertz CT molecular complexity index is 1030. The monoisotopic (exact) mass is 494 g/mol. The van der Waals surface area contributed by atoms with Crippen LogP contribution < -0.4 is 0 Å². The lowest BCUT2D eigenvalue weighted by Crippen LogP contribution is -2.30. The Morgan fingerprint density at radius 3 is 1.08 bits per heavy atom. The van der Waals surface area contributed by atoms with Crippen molar-refractivity contribution in [3.8, 4) is 0 Å². The molecule has 4 aromatic heterocycles. The highest BCUT2D eigenvalue weighted by atomic mass is 16.3. The van der Waals surface area contributed by atoms with E-state index < -0.39 is 6.10 Å². The van der Waals surface area contributed by atoms with Crippen LogP contribution in [0.4, 0.5) is 0 Å². The van der Waals surface area contributed by atoms with E-state index in [9.17, 15) is 5.11 Å². The Hall–Kier alpha value is -3.28. The molecule has 0 aliphatic carbocycles. The predicted octanol–water partition coefficient (Wildman–Crippen LogP) is 1.47. The van der Waals surface area contributed by atoms with Gasteiger partial charge in [-0.05, 0) is 12.8 Å². The molecule has 4 rings (SSSR count). The largest absolute Gasteiger partial charge is 0.393 e. The molecule has 4 aromatic rings. The lowest BCUT2D eigenvalue weighted by Gasteiger charge is -2.24. The summed E-state index contributed by atoms with van der Waals surface area (Å²) in [6.07, 6.45) is 16.4. The van der Waals surface area contributed by atoms with Crippen molar-refractivity contribution < 1.29 is 5.11 Å². The second kappa shape index (κ2) is 12.1. The summed E-state index contributed by atoms with van der Waals surface area (Å²) >= 11 is 0. The highest BCUT2D eigenvalue weighted by Crippen LogP contribution is 2.13. The predicted molar refractivity (Wildman–Crippen MR) is 136 cm³/mol. The molecule has 0 atom stereocenters. The van der Waals surface area contributed by atoms with E-state index in [1.54, 1.807) is 0 Å². The van der Waals surface area contributed by atoms with Crippen LogP contribution in [0.2, 0.25) is 0 Å². The van der Waals surface area contributed by atoms with Gasteiger partial charge in [-0.1, -0.05) is 0 Å². The number of hydrogen-bond donors (Lipinski definition) is 1. The van der Waals surface area contributed by atoms with Crippen molar-refractivity contribution in [3.63, 3.8) is 0 Å². The maximum absolute atomic E-state index is 10.9. The van der Waals surface area contributed by atoms with Crippen molar-refractivity contribution >= 4 is 0 Å². The molecular weight excluding hydrogens is 456 g/mol. The number of hydrogen-bond acceptors (Lipinski definition) is 7. The first-order valence-electron chi connectivity index (χ1n) is 12.3. The van der Waals surface area contributed by atoms with E-state index >= 15 is 0 Å². The van der Waals surface area contributed by atoms with Gasteiger partial charge in [0.2, 0.25) is 0 Å². The summed E-state index contributed by atoms with van der Waals surface area (Å²) in [5, 5.41) is 10.9. The third-order valence-corrected chi connectivity index (χ3v) is 6.13. The van der Waals surface area contributed by atoms with Gasteiger partial charge in [-0.3, -0.25) is 9.80 Å². The Morgan fingerprint density at radius 1 is 0.583 bits per heavy atom. The maximum Gasteiger partial charge on any atom is 0.0947 e. The molecule has 0 aliphatic heterocycles. The van der Waals surface area contributed by atoms with Crippen molar-refractivity contribution in [3.05, 3.63) is 72.9 Å². The van der Waals surface area contributed by atoms with E-state index in [1.165, 1.54) is 0 Å². The lowest BCUT2D eigenvalue weighted by atomic mass is 10.1. The molecule has 1 N–H and O–H groups in total. The average molecular weight is 495 g/mol. The minimum absolute atomic E-state index is 0.407. The van der Waals surface area contributed by atoms with Crippen LogP contribution in [0.3, 0.4) is 0 Å². The van der Waals surface area contributed by atoms with E-state index in [2.05, 4.69) is 29.7 Å². The van der Waals surface area contributed by atoms with E-state index in [-0.39, 0.29) is 0 Å². The van der Waals surface area contributed by atoms with Gasteiger partial charge in [0.25, 0.3) is 0 Å². The number of aliphatic hydroxyl groups excluding tert-OH is 1. The minimum atomic E-state index is -0.407. The number of nitrogens with zero attached hydrogens (tertiary/aromatic N) is 10. The first kappa shape index (κ1) is 25.8. The molecule has 0 fully saturated rings. The van der Waals surface area contributed by atoms with Crippen molar-refractivity contribution in [2.45, 2.75) is 45.1 Å². The van der Waals surface area contributed by atoms with Crippen LogP contribution in [-0.2, 0) is 54.4 Å². The number of imidazole rings is 4. The Morgan fingerprint density at radius 2 is 0.861 bits per heavy atom. The number of rotatable bonds is 14. The van der Waals surface area contributed by atoms with Crippen molar-refractivity contribution in [1.29, 1.82) is 0 Å². The first-order chi connectivity index (χ1) is 17.3. The van der Waals surface area contributed by atoms with E-state index in [4.69, 9.17) is 0 Å². The highest BCUT2D eigenvalue weighted by Gasteiger charge is 2.16. The average Bonchev–Trinajstić information content (AvgIpc) is 3.62. The van der Waals surface area contributed by atoms with Crippen LogP contribution in [0.15, 0.2) is 50.1 Å². The fourth-order valence-corrected chi connectivity index (χ4v) is 4.35. The second-order valence-corrected chi connectivity index (χ2v) is 9.77. The minimum Gasteiger partial charge on any atom is -0.393 e. The quantitative estimate of drug-likeness (QED) is 0.283. The smallest absolute Gasteiger partial charge is 0.0947 e. The molecule has 11 heteroatoms. The van der Waals surface area contributed by atoms with Gasteiger partial charge in [0.05, 0.1) is 54.2 Å². The van der Waals surface area contributed by atoms with Gasteiger partial charge in [0.1, 0.15) is 0 Å². The van der Waals surface area contributed by atoms with Gasteiger partial charge < -0.3 is 23.4 Å². The van der Waals surface area contributed by atoms with Gasteiger partial charge in [0.15, 0.2) is 0 Å². The number of aliphatic hydroxyl groups is 1. The fourth-order valence-electron chi connectivity index (χ4n) is 4.35. The zero-order valence-corrected chi connectivity index (χ0v) is 21.8. The Balaban J connectivity index is 1.32. The van der Waals surface area contributed by atoms with Crippen molar-refractivity contribution in [2.75, 3.05) is 13.1 Å². The molecule has 194 valence electrons. The number of aryl methyl sites for hydroxylation is 4. The summed E-state index contributed by atoms with van der Waals surface area (Å²) in [6.45, 7) is 4.39. The summed E-state index contributed by atoms with van der Waals surface area (Å²) < 4.78 is 7.84. The van der Waals surface area contributed by atoms with Gasteiger partial charge in [-0.15, -0.1) is 0 Å². The SMILES string of the molecule is Cn1cnc(CN(CCC(O)CCN(Cc2cn(C)cn2)Cc2cn(C)cn2)Cc2cn(C)cn2)c1. The zero-order chi connectivity index (χ0) is 25.5. The standard InChI is InChI=1S/C25H38N10O/c1-30-9-21(26-17-30)13-34(14-22-10-31(2)18-27-22)7-5-25(36)6-8-35(15-23-11-32(3)19-28-23)16-24-12-33(4)20-29-24/h9-12,17-20,25,36H,5-8,13-16H2,1-4H3. The molecule has 0 saturated heterocycles. The van der Waals surface area contributed by atoms with Gasteiger partial charge >= 0.3 is 0 Å². The van der Waals surface area contributed by atoms with Gasteiger partial charge in [0, 0.05) is 92.2 Å². The molecule has 4 heterocycles. The van der Waals surface area contributed by atoms with Crippen molar-refractivity contribution in [2.24, 2.45) is 28.2 Å². The summed E-state index contributed by atoms with van der Waals surface area (Å²) in [5.41, 5.74) is 4.05.